The van der Waals surface area contributed by atoms with Gasteiger partial charge in [0, 0.05) is 0 Å². The van der Waals surface area contributed by atoms with Crippen molar-refractivity contribution in [1.82, 2.24) is 0 Å². The molecule has 0 aromatic carbocycles. The van der Waals surface area contributed by atoms with Crippen LogP contribution in [0.1, 0.15) is 58.8 Å². The van der Waals surface area contributed by atoms with E-state index in [9.17, 15) is 4.79 Å². The maximum atomic E-state index is 10.4. The number of aldehydes is 1. The fourth-order valence-electron chi connectivity index (χ4n) is 1.31. The summed E-state index contributed by atoms with van der Waals surface area (Å²) in [6, 6.07) is 0. The molecule has 0 rings (SSSR count). The molecule has 76 valence electrons. The lowest BCUT2D eigenvalue weighted by atomic mass is 10.1. The first-order valence-electron chi connectivity index (χ1n) is 5.49. The van der Waals surface area contributed by atoms with Crippen molar-refractivity contribution in [1.29, 1.82) is 0 Å². The minimum absolute atomic E-state index is 0.873. The van der Waals surface area contributed by atoms with Gasteiger partial charge in [0.2, 0.25) is 0 Å². The van der Waals surface area contributed by atoms with Gasteiger partial charge in [0.1, 0.15) is 6.29 Å². The molecule has 0 N–H and O–H groups in total. The highest BCUT2D eigenvalue weighted by Gasteiger charge is 1.90. The largest absolute Gasteiger partial charge is 0.298 e. The molecule has 0 spiro atoms. The number of hydrogen-bond donors (Lipinski definition) is 0. The number of hydrogen-bond acceptors (Lipinski definition) is 1. The van der Waals surface area contributed by atoms with E-state index in [0.29, 0.717) is 0 Å². The van der Waals surface area contributed by atoms with Crippen molar-refractivity contribution in [2.75, 3.05) is 0 Å². The van der Waals surface area contributed by atoms with Crippen LogP contribution in [0.5, 0.6) is 0 Å². The van der Waals surface area contributed by atoms with Crippen molar-refractivity contribution in [3.8, 4) is 0 Å². The van der Waals surface area contributed by atoms with Crippen molar-refractivity contribution in [2.24, 2.45) is 0 Å². The molecule has 0 fully saturated rings. The number of unbranched alkanes of at least 4 members (excludes halogenated alkanes) is 5. The number of rotatable bonds is 8. The molecule has 1 heteroatoms. The van der Waals surface area contributed by atoms with Crippen LogP contribution in [0, 0.1) is 0 Å². The fraction of sp³-hybridized carbons (Fsp3) is 0.750. The molecule has 0 aliphatic rings. The van der Waals surface area contributed by atoms with E-state index in [-0.39, 0.29) is 0 Å². The molecule has 0 aliphatic heterocycles. The summed E-state index contributed by atoms with van der Waals surface area (Å²) in [6.45, 7) is 4.25. The van der Waals surface area contributed by atoms with E-state index in [1.807, 2.05) is 6.92 Å². The SMILES string of the molecule is CCCCCCCC=C(C=O)CC. The van der Waals surface area contributed by atoms with Crippen LogP contribution >= 0.6 is 0 Å². The third-order valence-corrected chi connectivity index (χ3v) is 2.27. The molecule has 0 saturated carbocycles. The molecule has 0 aromatic heterocycles. The fourth-order valence-corrected chi connectivity index (χ4v) is 1.31. The van der Waals surface area contributed by atoms with E-state index in [4.69, 9.17) is 0 Å². The maximum Gasteiger partial charge on any atom is 0.145 e. The second-order valence-electron chi connectivity index (χ2n) is 3.45. The molecule has 0 radical (unpaired) electrons. The van der Waals surface area contributed by atoms with Crippen LogP contribution in [0.25, 0.3) is 0 Å². The molecule has 1 nitrogen and oxygen atoms in total. The van der Waals surface area contributed by atoms with Gasteiger partial charge >= 0.3 is 0 Å². The van der Waals surface area contributed by atoms with Crippen molar-refractivity contribution >= 4 is 6.29 Å². The molecule has 0 heterocycles. The van der Waals surface area contributed by atoms with E-state index < -0.39 is 0 Å². The molecular formula is C12H22O. The summed E-state index contributed by atoms with van der Waals surface area (Å²) in [7, 11) is 0. The highest BCUT2D eigenvalue weighted by molar-refractivity contribution is 5.72. The zero-order valence-electron chi connectivity index (χ0n) is 9.01. The van der Waals surface area contributed by atoms with Crippen molar-refractivity contribution < 1.29 is 4.79 Å². The predicted molar refractivity (Wildman–Crippen MR) is 57.8 cm³/mol. The Bertz CT molecular complexity index is 147. The normalized spacial score (nSPS) is 11.7. The third kappa shape index (κ3) is 7.76. The van der Waals surface area contributed by atoms with E-state index in [2.05, 4.69) is 13.0 Å². The second kappa shape index (κ2) is 9.50. The van der Waals surface area contributed by atoms with Crippen LogP contribution in [-0.2, 0) is 4.79 Å². The summed E-state index contributed by atoms with van der Waals surface area (Å²) in [5, 5.41) is 0. The van der Waals surface area contributed by atoms with Gasteiger partial charge in [0.15, 0.2) is 0 Å². The Morgan fingerprint density at radius 2 is 1.77 bits per heavy atom. The molecule has 0 bridgehead atoms. The second-order valence-corrected chi connectivity index (χ2v) is 3.45. The minimum Gasteiger partial charge on any atom is -0.298 e. The van der Waals surface area contributed by atoms with Gasteiger partial charge in [0.25, 0.3) is 0 Å². The van der Waals surface area contributed by atoms with Gasteiger partial charge in [-0.2, -0.15) is 0 Å². The Morgan fingerprint density at radius 3 is 2.31 bits per heavy atom. The van der Waals surface area contributed by atoms with Crippen molar-refractivity contribution in [3.63, 3.8) is 0 Å². The molecule has 0 saturated heterocycles. The summed E-state index contributed by atoms with van der Waals surface area (Å²) in [5.41, 5.74) is 0.954. The average molecular weight is 182 g/mol. The van der Waals surface area contributed by atoms with Crippen LogP contribution in [0.3, 0.4) is 0 Å². The monoisotopic (exact) mass is 182 g/mol. The molecule has 0 unspecified atom stereocenters. The third-order valence-electron chi connectivity index (χ3n) is 2.27. The zero-order valence-corrected chi connectivity index (χ0v) is 9.01. The summed E-state index contributed by atoms with van der Waals surface area (Å²) < 4.78 is 0. The molecule has 0 aliphatic carbocycles. The Balaban J connectivity index is 3.32. The number of carbonyl (C=O) groups is 1. The first kappa shape index (κ1) is 12.4. The van der Waals surface area contributed by atoms with Gasteiger partial charge < -0.3 is 0 Å². The van der Waals surface area contributed by atoms with Gasteiger partial charge in [-0.3, -0.25) is 4.79 Å². The lowest BCUT2D eigenvalue weighted by Gasteiger charge is -1.97. The van der Waals surface area contributed by atoms with Gasteiger partial charge in [0.05, 0.1) is 0 Å². The Labute approximate surface area is 82.2 Å². The molecule has 13 heavy (non-hydrogen) atoms. The highest BCUT2D eigenvalue weighted by Crippen LogP contribution is 2.07. The van der Waals surface area contributed by atoms with Crippen molar-refractivity contribution in [3.05, 3.63) is 11.6 Å². The van der Waals surface area contributed by atoms with Crippen LogP contribution in [0.2, 0.25) is 0 Å². The van der Waals surface area contributed by atoms with Crippen LogP contribution in [0.4, 0.5) is 0 Å². The number of allylic oxidation sites excluding steroid dienone is 2. The van der Waals surface area contributed by atoms with Crippen molar-refractivity contribution in [2.45, 2.75) is 58.8 Å². The zero-order chi connectivity index (χ0) is 9.94. The smallest absolute Gasteiger partial charge is 0.145 e. The quantitative estimate of drug-likeness (QED) is 0.316. The standard InChI is InChI=1S/C12H22O/c1-3-5-6-7-8-9-10-12(4-2)11-13/h10-11H,3-9H2,1-2H3. The summed E-state index contributed by atoms with van der Waals surface area (Å²) in [4.78, 5) is 10.4. The summed E-state index contributed by atoms with van der Waals surface area (Å²) >= 11 is 0. The molecule has 0 aromatic rings. The summed E-state index contributed by atoms with van der Waals surface area (Å²) in [6.07, 6.45) is 11.5. The molecule has 0 atom stereocenters. The Hall–Kier alpha value is -0.590. The first-order valence-corrected chi connectivity index (χ1v) is 5.49. The van der Waals surface area contributed by atoms with Crippen LogP contribution < -0.4 is 0 Å². The van der Waals surface area contributed by atoms with E-state index >= 15 is 0 Å². The van der Waals surface area contributed by atoms with E-state index in [1.165, 1.54) is 32.1 Å². The summed E-state index contributed by atoms with van der Waals surface area (Å²) in [5.74, 6) is 0. The topological polar surface area (TPSA) is 17.1 Å². The lowest BCUT2D eigenvalue weighted by molar-refractivity contribution is -0.105. The van der Waals surface area contributed by atoms with Gasteiger partial charge in [-0.15, -0.1) is 0 Å². The average Bonchev–Trinajstić information content (AvgIpc) is 2.17. The van der Waals surface area contributed by atoms with Gasteiger partial charge in [-0.1, -0.05) is 45.6 Å². The van der Waals surface area contributed by atoms with Gasteiger partial charge in [-0.05, 0) is 24.8 Å². The minimum atomic E-state index is 0.873. The lowest BCUT2D eigenvalue weighted by Crippen LogP contribution is -1.82. The molecule has 0 amide bonds. The number of carbonyl (C=O) groups excluding carboxylic acids is 1. The maximum absolute atomic E-state index is 10.4. The van der Waals surface area contributed by atoms with E-state index in [0.717, 1.165) is 24.7 Å². The van der Waals surface area contributed by atoms with Crippen LogP contribution in [0.15, 0.2) is 11.6 Å². The Kier molecular flexibility index (Phi) is 9.07. The van der Waals surface area contributed by atoms with E-state index in [1.54, 1.807) is 0 Å². The molecular weight excluding hydrogens is 160 g/mol. The highest BCUT2D eigenvalue weighted by atomic mass is 16.1. The van der Waals surface area contributed by atoms with Crippen LogP contribution in [-0.4, -0.2) is 6.29 Å². The Morgan fingerprint density at radius 1 is 1.08 bits per heavy atom. The van der Waals surface area contributed by atoms with Gasteiger partial charge in [-0.25, -0.2) is 0 Å². The predicted octanol–water partition coefficient (Wildman–Crippen LogP) is 3.88. The first-order chi connectivity index (χ1) is 6.35.